The molecule has 0 heterocycles. The lowest BCUT2D eigenvalue weighted by Gasteiger charge is -2.19. The van der Waals surface area contributed by atoms with Crippen LogP contribution in [0, 0.1) is 10.8 Å². The summed E-state index contributed by atoms with van der Waals surface area (Å²) < 4.78 is 2.69. The summed E-state index contributed by atoms with van der Waals surface area (Å²) in [6.45, 7) is 0.426. The maximum Gasteiger partial charge on any atom is 0.326 e. The van der Waals surface area contributed by atoms with Crippen LogP contribution in [0.15, 0.2) is 34.9 Å². The zero-order chi connectivity index (χ0) is 17.1. The minimum absolute atomic E-state index is 0.199. The van der Waals surface area contributed by atoms with E-state index in [1.54, 1.807) is 12.1 Å². The van der Waals surface area contributed by atoms with Crippen LogP contribution in [0.3, 0.4) is 0 Å². The van der Waals surface area contributed by atoms with Gasteiger partial charge in [-0.25, -0.2) is 4.79 Å². The van der Waals surface area contributed by atoms with E-state index in [0.29, 0.717) is 19.4 Å². The molecule has 0 aliphatic rings. The second-order valence-electron chi connectivity index (χ2n) is 5.09. The number of rotatable bonds is 11. The maximum atomic E-state index is 12.3. The minimum atomic E-state index is -1.10. The Balaban J connectivity index is 2.69. The van der Waals surface area contributed by atoms with Gasteiger partial charge in [0, 0.05) is 34.6 Å². The van der Waals surface area contributed by atoms with Gasteiger partial charge in [0.25, 0.3) is 0 Å². The van der Waals surface area contributed by atoms with E-state index in [1.165, 1.54) is 0 Å². The molecule has 1 amide bonds. The number of nitrogens with zero attached hydrogens (tertiary/aromatic N) is 1. The van der Waals surface area contributed by atoms with Gasteiger partial charge in [0.2, 0.25) is 5.91 Å². The first-order valence-corrected chi connectivity index (χ1v) is 8.24. The van der Waals surface area contributed by atoms with Crippen LogP contribution in [0.25, 0.3) is 0 Å². The van der Waals surface area contributed by atoms with Crippen molar-refractivity contribution in [2.24, 2.45) is 16.2 Å². The van der Waals surface area contributed by atoms with E-state index in [0.717, 1.165) is 17.5 Å². The first kappa shape index (κ1) is 19.1. The molecule has 4 N–H and O–H groups in total. The van der Waals surface area contributed by atoms with Crippen LogP contribution >= 0.6 is 11.9 Å². The minimum Gasteiger partial charge on any atom is -0.480 e. The van der Waals surface area contributed by atoms with Crippen molar-refractivity contribution in [2.75, 3.05) is 12.3 Å². The molecule has 7 nitrogen and oxygen atoms in total. The monoisotopic (exact) mass is 339 g/mol. The van der Waals surface area contributed by atoms with Gasteiger partial charge < -0.3 is 16.2 Å². The number of carbonyl (C=O) groups excluding carboxylic acids is 1. The van der Waals surface area contributed by atoms with Crippen LogP contribution in [0.5, 0.6) is 0 Å². The van der Waals surface area contributed by atoms with Crippen molar-refractivity contribution >= 4 is 23.8 Å². The fraction of sp³-hybridized carbons (Fsp3) is 0.467. The van der Waals surface area contributed by atoms with Gasteiger partial charge in [0.05, 0.1) is 0 Å². The molecule has 0 spiro atoms. The largest absolute Gasteiger partial charge is 0.480 e. The summed E-state index contributed by atoms with van der Waals surface area (Å²) in [4.78, 5) is 33.9. The van der Waals surface area contributed by atoms with Crippen molar-refractivity contribution in [1.82, 2.24) is 5.32 Å². The molecule has 0 unspecified atom stereocenters. The van der Waals surface area contributed by atoms with Crippen molar-refractivity contribution in [1.29, 1.82) is 0 Å². The van der Waals surface area contributed by atoms with Crippen LogP contribution in [-0.4, -0.2) is 35.3 Å². The second-order valence-corrected chi connectivity index (χ2v) is 5.83. The summed E-state index contributed by atoms with van der Waals surface area (Å²) >= 11 is 0.755. The van der Waals surface area contributed by atoms with Crippen molar-refractivity contribution < 1.29 is 14.7 Å². The van der Waals surface area contributed by atoms with Gasteiger partial charge in [-0.15, -0.1) is 4.91 Å². The molecule has 1 aromatic rings. The third kappa shape index (κ3) is 7.25. The Morgan fingerprint density at radius 1 is 1.30 bits per heavy atom. The quantitative estimate of drug-likeness (QED) is 0.415. The number of hydrogen-bond donors (Lipinski definition) is 3. The smallest absolute Gasteiger partial charge is 0.326 e. The van der Waals surface area contributed by atoms with Crippen LogP contribution in [-0.2, 0) is 16.0 Å². The third-order valence-electron chi connectivity index (χ3n) is 3.35. The molecule has 23 heavy (non-hydrogen) atoms. The molecule has 0 aliphatic heterocycles. The number of carbonyl (C=O) groups is 2. The van der Waals surface area contributed by atoms with E-state index in [9.17, 15) is 19.6 Å². The number of nitrogens with one attached hydrogen (secondary N) is 1. The molecule has 2 atom stereocenters. The van der Waals surface area contributed by atoms with E-state index in [4.69, 9.17) is 5.73 Å². The van der Waals surface area contributed by atoms with Gasteiger partial charge in [0.1, 0.15) is 6.04 Å². The highest BCUT2D eigenvalue weighted by molar-refractivity contribution is 7.97. The van der Waals surface area contributed by atoms with E-state index in [1.807, 2.05) is 18.2 Å². The molecule has 1 rings (SSSR count). The molecule has 126 valence electrons. The first-order chi connectivity index (χ1) is 11.1. The van der Waals surface area contributed by atoms with Gasteiger partial charge in [-0.1, -0.05) is 30.3 Å². The van der Waals surface area contributed by atoms with E-state index >= 15 is 0 Å². The number of carboxylic acid groups (broad SMARTS) is 1. The molecular formula is C15H21N3O4S. The lowest BCUT2D eigenvalue weighted by Crippen LogP contribution is -2.45. The molecule has 0 saturated carbocycles. The molecule has 8 heteroatoms. The van der Waals surface area contributed by atoms with E-state index in [2.05, 4.69) is 9.90 Å². The molecule has 0 bridgehead atoms. The third-order valence-corrected chi connectivity index (χ3v) is 4.01. The standard InChI is InChI=1S/C15H21N3O4S/c16-8-4-7-12(10-23-18-22)14(19)17-13(15(20)21)9-11-5-2-1-3-6-11/h1-3,5-6,12-13H,4,7-10,16H2,(H,17,19)(H,20,21)/t12-,13+/m1/s1. The zero-order valence-corrected chi connectivity index (χ0v) is 13.5. The Hall–Kier alpha value is -1.93. The van der Waals surface area contributed by atoms with Crippen molar-refractivity contribution in [3.05, 3.63) is 40.8 Å². The number of benzene rings is 1. The lowest BCUT2D eigenvalue weighted by atomic mass is 10.0. The number of nitrogens with two attached hydrogens (primary N) is 1. The Morgan fingerprint density at radius 2 is 2.00 bits per heavy atom. The van der Waals surface area contributed by atoms with Crippen LogP contribution in [0.4, 0.5) is 0 Å². The molecule has 1 aromatic carbocycles. The fourth-order valence-corrected chi connectivity index (χ4v) is 2.67. The average Bonchev–Trinajstić information content (AvgIpc) is 2.55. The Bertz CT molecular complexity index is 513. The predicted octanol–water partition coefficient (Wildman–Crippen LogP) is 1.57. The SMILES string of the molecule is NCCC[C@H](CSN=O)C(=O)N[C@@H](Cc1ccccc1)C(=O)O. The predicted molar refractivity (Wildman–Crippen MR) is 89.7 cm³/mol. The summed E-state index contributed by atoms with van der Waals surface area (Å²) in [6.07, 6.45) is 1.31. The number of carboxylic acids is 1. The fourth-order valence-electron chi connectivity index (χ4n) is 2.11. The average molecular weight is 339 g/mol. The van der Waals surface area contributed by atoms with Crippen molar-refractivity contribution in [3.8, 4) is 0 Å². The van der Waals surface area contributed by atoms with Crippen LogP contribution in [0.1, 0.15) is 18.4 Å². The van der Waals surface area contributed by atoms with Gasteiger partial charge in [-0.2, -0.15) is 0 Å². The first-order valence-electron chi connectivity index (χ1n) is 7.30. The Kier molecular flexibility index (Phi) is 8.93. The molecule has 0 aliphatic carbocycles. The lowest BCUT2D eigenvalue weighted by molar-refractivity contribution is -0.142. The Morgan fingerprint density at radius 3 is 2.57 bits per heavy atom. The van der Waals surface area contributed by atoms with Crippen LogP contribution in [0.2, 0.25) is 0 Å². The number of amides is 1. The molecule has 0 saturated heterocycles. The highest BCUT2D eigenvalue weighted by atomic mass is 32.2. The topological polar surface area (TPSA) is 122 Å². The summed E-state index contributed by atoms with van der Waals surface area (Å²) in [5.74, 6) is -1.76. The Labute approximate surface area is 139 Å². The summed E-state index contributed by atoms with van der Waals surface area (Å²) in [5, 5.41) is 11.9. The zero-order valence-electron chi connectivity index (χ0n) is 12.7. The highest BCUT2D eigenvalue weighted by Crippen LogP contribution is 2.15. The van der Waals surface area contributed by atoms with E-state index < -0.39 is 23.8 Å². The number of hydrogen-bond acceptors (Lipinski definition) is 6. The molecule has 0 fully saturated rings. The molecule has 0 radical (unpaired) electrons. The highest BCUT2D eigenvalue weighted by Gasteiger charge is 2.25. The normalized spacial score (nSPS) is 13.1. The van der Waals surface area contributed by atoms with Gasteiger partial charge in [0.15, 0.2) is 0 Å². The molecule has 0 aromatic heterocycles. The van der Waals surface area contributed by atoms with Gasteiger partial charge >= 0.3 is 5.97 Å². The van der Waals surface area contributed by atoms with Gasteiger partial charge in [-0.05, 0) is 24.9 Å². The summed E-state index contributed by atoms with van der Waals surface area (Å²) in [7, 11) is 0. The van der Waals surface area contributed by atoms with Crippen molar-refractivity contribution in [2.45, 2.75) is 25.3 Å². The van der Waals surface area contributed by atoms with Gasteiger partial charge in [-0.3, -0.25) is 4.79 Å². The number of aliphatic carboxylic acids is 1. The molecular weight excluding hydrogens is 318 g/mol. The maximum absolute atomic E-state index is 12.3. The van der Waals surface area contributed by atoms with Crippen molar-refractivity contribution in [3.63, 3.8) is 0 Å². The summed E-state index contributed by atoms with van der Waals surface area (Å²) in [6, 6.07) is 8.06. The van der Waals surface area contributed by atoms with Crippen LogP contribution < -0.4 is 11.1 Å². The van der Waals surface area contributed by atoms with E-state index in [-0.39, 0.29) is 12.2 Å². The number of nitroso groups, excluding NO2 is 1. The summed E-state index contributed by atoms with van der Waals surface area (Å²) in [5.41, 5.74) is 6.26. The second kappa shape index (κ2) is 10.7.